The van der Waals surface area contributed by atoms with E-state index in [4.69, 9.17) is 0 Å². The lowest BCUT2D eigenvalue weighted by atomic mass is 9.93. The molecule has 0 saturated carbocycles. The Labute approximate surface area is 405 Å². The van der Waals surface area contributed by atoms with E-state index in [2.05, 4.69) is 276 Å². The first kappa shape index (κ1) is 40.5. The largest absolute Gasteiger partial charge is 0.311 e. The molecular weight excluding hydrogens is 853 g/mol. The SMILES string of the molecule is c1ccc(-c2cc(-c3ccccc3)cc(-c3ccc(N(c4ccc(-c5ccc6sc7ccccc7c6c5)cc4)c4ccc(-c5ccc6c(c5)c5ccccc5n6-c5ccccc5)cc4)cc3)c2)cc1. The summed E-state index contributed by atoms with van der Waals surface area (Å²) in [6.45, 7) is 0. The number of benzene rings is 11. The Morgan fingerprint density at radius 1 is 0.246 bits per heavy atom. The van der Waals surface area contributed by atoms with Crippen LogP contribution >= 0.6 is 11.3 Å². The highest BCUT2D eigenvalue weighted by molar-refractivity contribution is 7.25. The van der Waals surface area contributed by atoms with E-state index in [1.807, 2.05) is 11.3 Å². The Morgan fingerprint density at radius 2 is 0.638 bits per heavy atom. The van der Waals surface area contributed by atoms with Crippen molar-refractivity contribution in [3.63, 3.8) is 0 Å². The van der Waals surface area contributed by atoms with E-state index in [0.29, 0.717) is 0 Å². The molecule has 0 bridgehead atoms. The number of thiophene rings is 1. The predicted octanol–water partition coefficient (Wildman–Crippen LogP) is 19.0. The zero-order valence-corrected chi connectivity index (χ0v) is 38.5. The number of rotatable bonds is 9. The second kappa shape index (κ2) is 17.2. The summed E-state index contributed by atoms with van der Waals surface area (Å²) in [6.07, 6.45) is 0. The van der Waals surface area contributed by atoms with Crippen molar-refractivity contribution in [1.29, 1.82) is 0 Å². The van der Waals surface area contributed by atoms with E-state index in [9.17, 15) is 0 Å². The minimum Gasteiger partial charge on any atom is -0.311 e. The average Bonchev–Trinajstić information content (AvgIpc) is 3.97. The third-order valence-electron chi connectivity index (χ3n) is 13.6. The lowest BCUT2D eigenvalue weighted by molar-refractivity contribution is 1.18. The van der Waals surface area contributed by atoms with Gasteiger partial charge in [0.25, 0.3) is 0 Å². The molecular formula is C66H44N2S. The first-order valence-electron chi connectivity index (χ1n) is 23.6. The number of para-hydroxylation sites is 2. The van der Waals surface area contributed by atoms with Gasteiger partial charge < -0.3 is 9.47 Å². The average molecular weight is 897 g/mol. The number of aromatic nitrogens is 1. The van der Waals surface area contributed by atoms with E-state index in [-0.39, 0.29) is 0 Å². The van der Waals surface area contributed by atoms with E-state index >= 15 is 0 Å². The van der Waals surface area contributed by atoms with E-state index in [0.717, 1.165) is 22.7 Å². The van der Waals surface area contributed by atoms with Gasteiger partial charge in [0.15, 0.2) is 0 Å². The van der Waals surface area contributed by atoms with Gasteiger partial charge in [-0.2, -0.15) is 0 Å². The minimum absolute atomic E-state index is 1.09. The maximum atomic E-state index is 2.37. The summed E-state index contributed by atoms with van der Waals surface area (Å²) in [7, 11) is 0. The number of anilines is 3. The lowest BCUT2D eigenvalue weighted by Crippen LogP contribution is -2.09. The highest BCUT2D eigenvalue weighted by Crippen LogP contribution is 2.42. The quantitative estimate of drug-likeness (QED) is 0.140. The molecule has 0 saturated heterocycles. The Balaban J connectivity index is 0.888. The first-order chi connectivity index (χ1) is 34.2. The van der Waals surface area contributed by atoms with Crippen LogP contribution in [-0.4, -0.2) is 4.57 Å². The van der Waals surface area contributed by atoms with Gasteiger partial charge in [-0.05, 0) is 159 Å². The minimum atomic E-state index is 1.09. The summed E-state index contributed by atoms with van der Waals surface area (Å²) in [6, 6.07) is 97.4. The van der Waals surface area contributed by atoms with Crippen LogP contribution in [0.3, 0.4) is 0 Å². The number of hydrogen-bond acceptors (Lipinski definition) is 2. The predicted molar refractivity (Wildman–Crippen MR) is 296 cm³/mol. The lowest BCUT2D eigenvalue weighted by Gasteiger charge is -2.26. The van der Waals surface area contributed by atoms with Crippen molar-refractivity contribution in [2.24, 2.45) is 0 Å². The molecule has 3 heteroatoms. The highest BCUT2D eigenvalue weighted by Gasteiger charge is 2.17. The Morgan fingerprint density at radius 3 is 1.20 bits per heavy atom. The third-order valence-corrected chi connectivity index (χ3v) is 14.7. The van der Waals surface area contributed by atoms with Crippen molar-refractivity contribution in [2.75, 3.05) is 4.90 Å². The fourth-order valence-corrected chi connectivity index (χ4v) is 11.2. The summed E-state index contributed by atoms with van der Waals surface area (Å²) in [4.78, 5) is 2.37. The maximum absolute atomic E-state index is 2.37. The van der Waals surface area contributed by atoms with Crippen LogP contribution in [0.4, 0.5) is 17.1 Å². The molecule has 0 unspecified atom stereocenters. The van der Waals surface area contributed by atoms with Gasteiger partial charge in [-0.1, -0.05) is 164 Å². The van der Waals surface area contributed by atoms with Crippen LogP contribution < -0.4 is 4.90 Å². The monoisotopic (exact) mass is 896 g/mol. The van der Waals surface area contributed by atoms with Crippen molar-refractivity contribution in [1.82, 2.24) is 4.57 Å². The van der Waals surface area contributed by atoms with Crippen LogP contribution in [-0.2, 0) is 0 Å². The fraction of sp³-hybridized carbons (Fsp3) is 0. The van der Waals surface area contributed by atoms with Crippen molar-refractivity contribution in [3.05, 3.63) is 267 Å². The van der Waals surface area contributed by atoms with Gasteiger partial charge in [-0.15, -0.1) is 11.3 Å². The van der Waals surface area contributed by atoms with Gasteiger partial charge >= 0.3 is 0 Å². The van der Waals surface area contributed by atoms with Crippen LogP contribution in [0.2, 0.25) is 0 Å². The molecule has 13 aromatic rings. The first-order valence-corrected chi connectivity index (χ1v) is 24.4. The Hall–Kier alpha value is -8.76. The molecule has 324 valence electrons. The van der Waals surface area contributed by atoms with Crippen molar-refractivity contribution < 1.29 is 0 Å². The Bertz CT molecular complexity index is 3910. The normalized spacial score (nSPS) is 11.5. The van der Waals surface area contributed by atoms with Gasteiger partial charge in [0.05, 0.1) is 11.0 Å². The molecule has 0 fully saturated rings. The van der Waals surface area contributed by atoms with Crippen LogP contribution in [0.1, 0.15) is 0 Å². The number of fused-ring (bicyclic) bond motifs is 6. The molecule has 0 N–H and O–H groups in total. The molecule has 0 radical (unpaired) electrons. The molecule has 2 aromatic heterocycles. The summed E-state index contributed by atoms with van der Waals surface area (Å²) in [5.74, 6) is 0. The molecule has 69 heavy (non-hydrogen) atoms. The summed E-state index contributed by atoms with van der Waals surface area (Å²) >= 11 is 1.86. The summed E-state index contributed by atoms with van der Waals surface area (Å²) in [5, 5.41) is 5.12. The zero-order chi connectivity index (χ0) is 45.7. The van der Waals surface area contributed by atoms with Crippen molar-refractivity contribution >= 4 is 70.4 Å². The van der Waals surface area contributed by atoms with Gasteiger partial charge in [-0.25, -0.2) is 0 Å². The topological polar surface area (TPSA) is 8.17 Å². The second-order valence-corrected chi connectivity index (χ2v) is 18.8. The van der Waals surface area contributed by atoms with Crippen molar-refractivity contribution in [2.45, 2.75) is 0 Å². The summed E-state index contributed by atoms with van der Waals surface area (Å²) < 4.78 is 5.01. The molecule has 0 aliphatic heterocycles. The molecule has 13 rings (SSSR count). The fourth-order valence-electron chi connectivity index (χ4n) is 10.2. The third kappa shape index (κ3) is 7.47. The van der Waals surface area contributed by atoms with Crippen LogP contribution in [0.25, 0.3) is 103 Å². The molecule has 2 heterocycles. The standard InChI is InChI=1S/C66H44N2S/c1-4-14-45(15-5-1)52-40-53(46-16-6-2-7-17-46)42-54(41-52)49-28-36-58(37-29-49)67(57-34-26-48(27-35-57)51-31-39-66-62(44-51)60-21-11-13-23-65(60)69-66)56-32-24-47(25-33-56)50-30-38-64-61(43-50)59-20-10-12-22-63(59)68(64)55-18-8-3-9-19-55/h1-44H. The molecule has 0 spiro atoms. The second-order valence-electron chi connectivity index (χ2n) is 17.7. The van der Waals surface area contributed by atoms with E-state index < -0.39 is 0 Å². The van der Waals surface area contributed by atoms with Gasteiger partial charge in [0, 0.05) is 53.7 Å². The molecule has 2 nitrogen and oxygen atoms in total. The number of nitrogens with zero attached hydrogens (tertiary/aromatic N) is 2. The molecule has 0 aliphatic rings. The summed E-state index contributed by atoms with van der Waals surface area (Å²) in [5.41, 5.74) is 18.8. The van der Waals surface area contributed by atoms with Gasteiger partial charge in [0.2, 0.25) is 0 Å². The zero-order valence-electron chi connectivity index (χ0n) is 37.7. The molecule has 11 aromatic carbocycles. The van der Waals surface area contributed by atoms with E-state index in [1.54, 1.807) is 0 Å². The van der Waals surface area contributed by atoms with Crippen LogP contribution in [0.5, 0.6) is 0 Å². The van der Waals surface area contributed by atoms with Gasteiger partial charge in [-0.3, -0.25) is 0 Å². The number of hydrogen-bond donors (Lipinski definition) is 0. The van der Waals surface area contributed by atoms with Crippen LogP contribution in [0.15, 0.2) is 267 Å². The van der Waals surface area contributed by atoms with E-state index in [1.165, 1.54) is 97.6 Å². The smallest absolute Gasteiger partial charge is 0.0541 e. The van der Waals surface area contributed by atoms with Gasteiger partial charge in [0.1, 0.15) is 0 Å². The highest BCUT2D eigenvalue weighted by atomic mass is 32.1. The van der Waals surface area contributed by atoms with Crippen molar-refractivity contribution in [3.8, 4) is 61.3 Å². The maximum Gasteiger partial charge on any atom is 0.0541 e. The molecule has 0 aliphatic carbocycles. The molecule has 0 amide bonds. The molecule has 0 atom stereocenters. The van der Waals surface area contributed by atoms with Crippen LogP contribution in [0, 0.1) is 0 Å². The Kier molecular flexibility index (Phi) is 10.1.